The lowest BCUT2D eigenvalue weighted by Crippen LogP contribution is -2.16. The molecule has 0 N–H and O–H groups in total. The number of esters is 1. The molecule has 1 rings (SSSR count). The van der Waals surface area contributed by atoms with E-state index in [0.29, 0.717) is 0 Å². The van der Waals surface area contributed by atoms with Crippen molar-refractivity contribution in [3.8, 4) is 6.07 Å². The second-order valence-corrected chi connectivity index (χ2v) is 2.99. The first kappa shape index (κ1) is 12.6. The van der Waals surface area contributed by atoms with Crippen molar-refractivity contribution >= 4 is 11.8 Å². The van der Waals surface area contributed by atoms with Crippen LogP contribution in [0.2, 0.25) is 0 Å². The lowest BCUT2D eigenvalue weighted by atomic mass is 10.0. The third-order valence-electron chi connectivity index (χ3n) is 1.95. The highest BCUT2D eigenvalue weighted by Crippen LogP contribution is 2.24. The second kappa shape index (κ2) is 5.55. The van der Waals surface area contributed by atoms with E-state index < -0.39 is 22.6 Å². The highest BCUT2D eigenvalue weighted by Gasteiger charge is 2.29. The van der Waals surface area contributed by atoms with E-state index in [0.717, 1.165) is 0 Å². The molecule has 1 aromatic heterocycles. The van der Waals surface area contributed by atoms with Crippen molar-refractivity contribution < 1.29 is 14.5 Å². The molecule has 7 nitrogen and oxygen atoms in total. The van der Waals surface area contributed by atoms with Crippen LogP contribution in [0.5, 0.6) is 0 Å². The maximum absolute atomic E-state index is 11.5. The highest BCUT2D eigenvalue weighted by atomic mass is 16.6. The molecule has 1 unspecified atom stereocenters. The summed E-state index contributed by atoms with van der Waals surface area (Å²) in [5.41, 5.74) is -0.0570. The molecule has 88 valence electrons. The number of ether oxygens (including phenoxy) is 1. The predicted octanol–water partition coefficient (Wildman–Crippen LogP) is 1.16. The summed E-state index contributed by atoms with van der Waals surface area (Å²) >= 11 is 0. The molecule has 0 spiro atoms. The fraction of sp³-hybridized carbons (Fsp3) is 0.300. The Hall–Kier alpha value is -2.49. The Morgan fingerprint density at radius 1 is 1.76 bits per heavy atom. The third kappa shape index (κ3) is 2.75. The van der Waals surface area contributed by atoms with Crippen molar-refractivity contribution in [3.05, 3.63) is 34.0 Å². The molecule has 0 aliphatic rings. The fourth-order valence-corrected chi connectivity index (χ4v) is 1.26. The first-order valence-electron chi connectivity index (χ1n) is 4.77. The van der Waals surface area contributed by atoms with Crippen LogP contribution in [0.15, 0.2) is 18.3 Å². The van der Waals surface area contributed by atoms with Gasteiger partial charge in [-0.25, -0.2) is 0 Å². The Bertz CT molecular complexity index is 481. The van der Waals surface area contributed by atoms with Crippen molar-refractivity contribution in [2.75, 3.05) is 6.61 Å². The van der Waals surface area contributed by atoms with Crippen molar-refractivity contribution in [3.63, 3.8) is 0 Å². The van der Waals surface area contributed by atoms with Gasteiger partial charge in [-0.15, -0.1) is 0 Å². The van der Waals surface area contributed by atoms with Gasteiger partial charge in [-0.05, 0) is 29.0 Å². The fourth-order valence-electron chi connectivity index (χ4n) is 1.26. The third-order valence-corrected chi connectivity index (χ3v) is 1.95. The Kier molecular flexibility index (Phi) is 4.11. The van der Waals surface area contributed by atoms with E-state index in [2.05, 4.69) is 9.72 Å². The van der Waals surface area contributed by atoms with E-state index in [9.17, 15) is 14.9 Å². The van der Waals surface area contributed by atoms with Crippen LogP contribution in [-0.2, 0) is 9.53 Å². The number of hydrogen-bond donors (Lipinski definition) is 0. The number of nitro groups is 1. The van der Waals surface area contributed by atoms with E-state index in [1.165, 1.54) is 18.3 Å². The zero-order chi connectivity index (χ0) is 12.8. The number of carbonyl (C=O) groups excluding carboxylic acids is 1. The van der Waals surface area contributed by atoms with Gasteiger partial charge < -0.3 is 14.9 Å². The number of nitrogens with zero attached hydrogens (tertiary/aromatic N) is 3. The van der Waals surface area contributed by atoms with Crippen LogP contribution in [0.4, 0.5) is 5.82 Å². The van der Waals surface area contributed by atoms with Gasteiger partial charge in [0.2, 0.25) is 0 Å². The number of nitriles is 1. The van der Waals surface area contributed by atoms with Gasteiger partial charge in [0, 0.05) is 0 Å². The summed E-state index contributed by atoms with van der Waals surface area (Å²) in [5, 5.41) is 19.6. The summed E-state index contributed by atoms with van der Waals surface area (Å²) in [4.78, 5) is 25.0. The second-order valence-electron chi connectivity index (χ2n) is 2.99. The SMILES string of the molecule is CCOC(=O)C(C#N)c1cccnc1[N+](=O)[O-]. The topological polar surface area (TPSA) is 106 Å². The summed E-state index contributed by atoms with van der Waals surface area (Å²) < 4.78 is 4.67. The standard InChI is InChI=1S/C10H9N3O4/c1-2-17-10(14)8(6-11)7-4-3-5-12-9(7)13(15)16/h3-5,8H,2H2,1H3. The summed E-state index contributed by atoms with van der Waals surface area (Å²) in [7, 11) is 0. The molecule has 1 heterocycles. The largest absolute Gasteiger partial charge is 0.465 e. The zero-order valence-electron chi connectivity index (χ0n) is 8.99. The average Bonchev–Trinajstić information content (AvgIpc) is 2.31. The molecule has 0 aliphatic carbocycles. The highest BCUT2D eigenvalue weighted by molar-refractivity contribution is 5.82. The molecule has 0 bridgehead atoms. The predicted molar refractivity (Wildman–Crippen MR) is 55.9 cm³/mol. The lowest BCUT2D eigenvalue weighted by Gasteiger charge is -2.07. The molecule has 0 saturated heterocycles. The van der Waals surface area contributed by atoms with E-state index in [1.54, 1.807) is 13.0 Å². The van der Waals surface area contributed by atoms with Gasteiger partial charge in [0.05, 0.1) is 18.2 Å². The lowest BCUT2D eigenvalue weighted by molar-refractivity contribution is -0.390. The summed E-state index contributed by atoms with van der Waals surface area (Å²) in [6.45, 7) is 1.69. The molecular weight excluding hydrogens is 226 g/mol. The first-order valence-corrected chi connectivity index (χ1v) is 4.77. The molecular formula is C10H9N3O4. The van der Waals surface area contributed by atoms with Crippen LogP contribution in [0.25, 0.3) is 0 Å². The minimum atomic E-state index is -1.33. The average molecular weight is 235 g/mol. The van der Waals surface area contributed by atoms with Crippen LogP contribution in [-0.4, -0.2) is 22.5 Å². The monoisotopic (exact) mass is 235 g/mol. The van der Waals surface area contributed by atoms with Gasteiger partial charge in [0.25, 0.3) is 0 Å². The molecule has 17 heavy (non-hydrogen) atoms. The summed E-state index contributed by atoms with van der Waals surface area (Å²) in [5.74, 6) is -2.65. The van der Waals surface area contributed by atoms with Crippen molar-refractivity contribution in [2.45, 2.75) is 12.8 Å². The van der Waals surface area contributed by atoms with Crippen molar-refractivity contribution in [2.24, 2.45) is 0 Å². The van der Waals surface area contributed by atoms with Gasteiger partial charge in [-0.1, -0.05) is 0 Å². The molecule has 1 atom stereocenters. The summed E-state index contributed by atoms with van der Waals surface area (Å²) in [6.07, 6.45) is 1.22. The summed E-state index contributed by atoms with van der Waals surface area (Å²) in [6, 6.07) is 4.42. The van der Waals surface area contributed by atoms with E-state index in [1.807, 2.05) is 0 Å². The normalized spacial score (nSPS) is 11.3. The van der Waals surface area contributed by atoms with Gasteiger partial charge in [0.1, 0.15) is 6.20 Å². The van der Waals surface area contributed by atoms with Crippen LogP contribution in [0.1, 0.15) is 18.4 Å². The molecule has 0 amide bonds. The van der Waals surface area contributed by atoms with E-state index in [4.69, 9.17) is 5.26 Å². The molecule has 0 aliphatic heterocycles. The molecule has 0 fully saturated rings. The Morgan fingerprint density at radius 2 is 2.47 bits per heavy atom. The van der Waals surface area contributed by atoms with Gasteiger partial charge in [0.15, 0.2) is 5.92 Å². The van der Waals surface area contributed by atoms with Crippen LogP contribution < -0.4 is 0 Å². The molecule has 0 saturated carbocycles. The smallest absolute Gasteiger partial charge is 0.368 e. The van der Waals surface area contributed by atoms with Crippen LogP contribution in [0, 0.1) is 21.4 Å². The van der Waals surface area contributed by atoms with Crippen molar-refractivity contribution in [1.29, 1.82) is 5.26 Å². The van der Waals surface area contributed by atoms with E-state index in [-0.39, 0.29) is 12.2 Å². The van der Waals surface area contributed by atoms with E-state index >= 15 is 0 Å². The maximum Gasteiger partial charge on any atom is 0.368 e. The van der Waals surface area contributed by atoms with Gasteiger partial charge in [-0.2, -0.15) is 5.26 Å². The number of rotatable bonds is 4. The minimum Gasteiger partial charge on any atom is -0.465 e. The Balaban J connectivity index is 3.17. The first-order chi connectivity index (χ1) is 8.11. The van der Waals surface area contributed by atoms with Gasteiger partial charge in [-0.3, -0.25) is 4.79 Å². The minimum absolute atomic E-state index is 0.0570. The molecule has 0 radical (unpaired) electrons. The number of carbonyl (C=O) groups is 1. The van der Waals surface area contributed by atoms with Crippen molar-refractivity contribution in [1.82, 2.24) is 4.98 Å². The number of pyridine rings is 1. The van der Waals surface area contributed by atoms with Gasteiger partial charge >= 0.3 is 11.8 Å². The Labute approximate surface area is 96.8 Å². The molecule has 7 heteroatoms. The Morgan fingerprint density at radius 3 is 3.00 bits per heavy atom. The molecule has 1 aromatic rings. The maximum atomic E-state index is 11.5. The zero-order valence-corrected chi connectivity index (χ0v) is 8.99. The number of hydrogen-bond acceptors (Lipinski definition) is 6. The molecule has 0 aromatic carbocycles. The van der Waals surface area contributed by atoms with Crippen LogP contribution in [0.3, 0.4) is 0 Å². The van der Waals surface area contributed by atoms with Crippen LogP contribution >= 0.6 is 0 Å². The quantitative estimate of drug-likeness (QED) is 0.440. The number of aromatic nitrogens is 1.